The van der Waals surface area contributed by atoms with Crippen molar-refractivity contribution in [1.29, 1.82) is 0 Å². The Bertz CT molecular complexity index is 374. The van der Waals surface area contributed by atoms with Gasteiger partial charge in [0.2, 0.25) is 5.91 Å². The summed E-state index contributed by atoms with van der Waals surface area (Å²) in [5, 5.41) is 0. The van der Waals surface area contributed by atoms with Crippen LogP contribution in [0, 0.1) is 11.8 Å². The van der Waals surface area contributed by atoms with Crippen molar-refractivity contribution in [3.8, 4) is 0 Å². The van der Waals surface area contributed by atoms with Crippen LogP contribution in [-0.4, -0.2) is 13.0 Å². The predicted molar refractivity (Wildman–Crippen MR) is 71.0 cm³/mol. The highest BCUT2D eigenvalue weighted by atomic mass is 16.2. The largest absolute Gasteiger partial charge is 0.315 e. The fraction of sp³-hybridized carbons (Fsp3) is 0.533. The molecule has 0 N–H and O–H groups in total. The summed E-state index contributed by atoms with van der Waals surface area (Å²) in [4.78, 5) is 14.3. The van der Waals surface area contributed by atoms with Gasteiger partial charge in [0.1, 0.15) is 0 Å². The van der Waals surface area contributed by atoms with Crippen LogP contribution in [0.3, 0.4) is 0 Å². The van der Waals surface area contributed by atoms with Gasteiger partial charge in [-0.15, -0.1) is 0 Å². The maximum absolute atomic E-state index is 12.4. The van der Waals surface area contributed by atoms with Gasteiger partial charge < -0.3 is 4.90 Å². The lowest BCUT2D eigenvalue weighted by Crippen LogP contribution is -2.34. The number of rotatable bonds is 3. The van der Waals surface area contributed by atoms with Crippen LogP contribution in [-0.2, 0) is 4.79 Å². The second kappa shape index (κ2) is 5.35. The number of hydrogen-bond acceptors (Lipinski definition) is 1. The highest BCUT2D eigenvalue weighted by molar-refractivity contribution is 5.94. The molecule has 2 nitrogen and oxygen atoms in total. The molecular formula is C15H21NO. The molecule has 1 aliphatic rings. The van der Waals surface area contributed by atoms with Crippen molar-refractivity contribution in [2.75, 3.05) is 11.9 Å². The lowest BCUT2D eigenvalue weighted by molar-refractivity contribution is -0.123. The first-order valence-electron chi connectivity index (χ1n) is 6.56. The molecule has 0 bridgehead atoms. The molecule has 1 saturated carbocycles. The van der Waals surface area contributed by atoms with Gasteiger partial charge in [-0.25, -0.2) is 0 Å². The summed E-state index contributed by atoms with van der Waals surface area (Å²) in [5.74, 6) is 1.12. The molecule has 2 rings (SSSR count). The molecule has 2 atom stereocenters. The van der Waals surface area contributed by atoms with E-state index in [1.54, 1.807) is 0 Å². The lowest BCUT2D eigenvalue weighted by atomic mass is 9.92. The Morgan fingerprint density at radius 2 is 2.00 bits per heavy atom. The summed E-state index contributed by atoms with van der Waals surface area (Å²) >= 11 is 0. The average Bonchev–Trinajstić information content (AvgIpc) is 2.86. The number of anilines is 1. The third-order valence-corrected chi connectivity index (χ3v) is 3.97. The van der Waals surface area contributed by atoms with Crippen LogP contribution in [0.15, 0.2) is 30.3 Å². The maximum Gasteiger partial charge on any atom is 0.230 e. The molecule has 1 aromatic carbocycles. The van der Waals surface area contributed by atoms with Gasteiger partial charge >= 0.3 is 0 Å². The van der Waals surface area contributed by atoms with E-state index < -0.39 is 0 Å². The zero-order chi connectivity index (χ0) is 12.3. The van der Waals surface area contributed by atoms with Crippen molar-refractivity contribution in [3.05, 3.63) is 30.3 Å². The lowest BCUT2D eigenvalue weighted by Gasteiger charge is -2.24. The second-order valence-corrected chi connectivity index (χ2v) is 4.94. The van der Waals surface area contributed by atoms with Crippen LogP contribution in [0.2, 0.25) is 0 Å². The molecule has 1 aliphatic carbocycles. The van der Waals surface area contributed by atoms with Gasteiger partial charge in [-0.1, -0.05) is 38.0 Å². The summed E-state index contributed by atoms with van der Waals surface area (Å²) in [6.07, 6.45) is 4.61. The van der Waals surface area contributed by atoms with Crippen LogP contribution in [0.25, 0.3) is 0 Å². The zero-order valence-corrected chi connectivity index (χ0v) is 10.7. The van der Waals surface area contributed by atoms with Crippen LogP contribution in [0.5, 0.6) is 0 Å². The molecule has 2 heteroatoms. The molecule has 0 radical (unpaired) electrons. The van der Waals surface area contributed by atoms with Gasteiger partial charge in [0.15, 0.2) is 0 Å². The molecule has 92 valence electrons. The second-order valence-electron chi connectivity index (χ2n) is 4.94. The summed E-state index contributed by atoms with van der Waals surface area (Å²) in [6.45, 7) is 2.19. The van der Waals surface area contributed by atoms with Crippen LogP contribution < -0.4 is 4.90 Å². The third-order valence-electron chi connectivity index (χ3n) is 3.97. The van der Waals surface area contributed by atoms with Gasteiger partial charge in [-0.2, -0.15) is 0 Å². The zero-order valence-electron chi connectivity index (χ0n) is 10.7. The van der Waals surface area contributed by atoms with E-state index in [0.717, 1.165) is 18.5 Å². The van der Waals surface area contributed by atoms with Crippen molar-refractivity contribution < 1.29 is 4.79 Å². The first kappa shape index (κ1) is 12.2. The van der Waals surface area contributed by atoms with Gasteiger partial charge in [0, 0.05) is 18.7 Å². The summed E-state index contributed by atoms with van der Waals surface area (Å²) in [7, 11) is 1.89. The number of amides is 1. The first-order valence-corrected chi connectivity index (χ1v) is 6.56. The van der Waals surface area contributed by atoms with E-state index in [0.29, 0.717) is 11.8 Å². The molecule has 0 heterocycles. The normalized spacial score (nSPS) is 23.6. The topological polar surface area (TPSA) is 20.3 Å². The van der Waals surface area contributed by atoms with Crippen LogP contribution in [0.1, 0.15) is 32.6 Å². The van der Waals surface area contributed by atoms with E-state index in [1.165, 1.54) is 12.8 Å². The standard InChI is InChI=1S/C15H21NO/c1-3-12-8-7-11-14(12)15(17)16(2)13-9-5-4-6-10-13/h4-6,9-10,12,14H,3,7-8,11H2,1-2H3/t12-,14+/m0/s1. The van der Waals surface area contributed by atoms with Crippen LogP contribution >= 0.6 is 0 Å². The minimum Gasteiger partial charge on any atom is -0.315 e. The van der Waals surface area contributed by atoms with E-state index in [9.17, 15) is 4.79 Å². The van der Waals surface area contributed by atoms with Gasteiger partial charge in [-0.05, 0) is 30.9 Å². The average molecular weight is 231 g/mol. The van der Waals surface area contributed by atoms with E-state index in [-0.39, 0.29) is 5.92 Å². The van der Waals surface area contributed by atoms with Crippen molar-refractivity contribution in [2.45, 2.75) is 32.6 Å². The van der Waals surface area contributed by atoms with E-state index >= 15 is 0 Å². The summed E-state index contributed by atoms with van der Waals surface area (Å²) < 4.78 is 0. The Labute approximate surface area is 104 Å². The van der Waals surface area contributed by atoms with E-state index in [2.05, 4.69) is 6.92 Å². The Morgan fingerprint density at radius 1 is 1.29 bits per heavy atom. The van der Waals surface area contributed by atoms with Gasteiger partial charge in [0.25, 0.3) is 0 Å². The summed E-state index contributed by atoms with van der Waals surface area (Å²) in [6, 6.07) is 9.92. The number of carbonyl (C=O) groups excluding carboxylic acids is 1. The SMILES string of the molecule is CC[C@H]1CCC[C@H]1C(=O)N(C)c1ccccc1. The van der Waals surface area contributed by atoms with Crippen molar-refractivity contribution in [2.24, 2.45) is 11.8 Å². The minimum absolute atomic E-state index is 0.241. The molecule has 1 aromatic rings. The highest BCUT2D eigenvalue weighted by Gasteiger charge is 2.33. The number of para-hydroxylation sites is 1. The fourth-order valence-corrected chi connectivity index (χ4v) is 2.88. The molecule has 0 saturated heterocycles. The Kier molecular flexibility index (Phi) is 3.82. The molecule has 0 aromatic heterocycles. The number of hydrogen-bond donors (Lipinski definition) is 0. The Balaban J connectivity index is 2.10. The first-order chi connectivity index (χ1) is 8.24. The smallest absolute Gasteiger partial charge is 0.230 e. The molecule has 17 heavy (non-hydrogen) atoms. The van der Waals surface area contributed by atoms with E-state index in [4.69, 9.17) is 0 Å². The van der Waals surface area contributed by atoms with Crippen LogP contribution in [0.4, 0.5) is 5.69 Å². The molecule has 1 fully saturated rings. The fourth-order valence-electron chi connectivity index (χ4n) is 2.88. The minimum atomic E-state index is 0.241. The van der Waals surface area contributed by atoms with Crippen molar-refractivity contribution in [1.82, 2.24) is 0 Å². The van der Waals surface area contributed by atoms with Crippen molar-refractivity contribution in [3.63, 3.8) is 0 Å². The van der Waals surface area contributed by atoms with Gasteiger partial charge in [0.05, 0.1) is 0 Å². The molecule has 0 unspecified atom stereocenters. The number of carbonyl (C=O) groups is 1. The number of benzene rings is 1. The molecule has 0 aliphatic heterocycles. The monoisotopic (exact) mass is 231 g/mol. The Hall–Kier alpha value is -1.31. The van der Waals surface area contributed by atoms with E-state index in [1.807, 2.05) is 42.3 Å². The van der Waals surface area contributed by atoms with Gasteiger partial charge in [-0.3, -0.25) is 4.79 Å². The quantitative estimate of drug-likeness (QED) is 0.780. The maximum atomic E-state index is 12.4. The molecular weight excluding hydrogens is 210 g/mol. The molecule has 1 amide bonds. The number of nitrogens with zero attached hydrogens (tertiary/aromatic N) is 1. The molecule has 0 spiro atoms. The predicted octanol–water partition coefficient (Wildman–Crippen LogP) is 3.48. The summed E-state index contributed by atoms with van der Waals surface area (Å²) in [5.41, 5.74) is 0.999. The Morgan fingerprint density at radius 3 is 2.65 bits per heavy atom. The van der Waals surface area contributed by atoms with Crippen molar-refractivity contribution >= 4 is 11.6 Å². The third kappa shape index (κ3) is 2.51. The highest BCUT2D eigenvalue weighted by Crippen LogP contribution is 2.35.